The van der Waals surface area contributed by atoms with Gasteiger partial charge < -0.3 is 16.2 Å². The van der Waals surface area contributed by atoms with E-state index in [0.29, 0.717) is 19.4 Å². The minimum absolute atomic E-state index is 0.123. The molecule has 0 aromatic carbocycles. The van der Waals surface area contributed by atoms with Gasteiger partial charge in [0.1, 0.15) is 0 Å². The first-order valence-electron chi connectivity index (χ1n) is 4.79. The first-order valence-corrected chi connectivity index (χ1v) is 4.79. The Kier molecular flexibility index (Phi) is 6.54. The Morgan fingerprint density at radius 3 is 2.62 bits per heavy atom. The summed E-state index contributed by atoms with van der Waals surface area (Å²) >= 11 is 0. The second kappa shape index (κ2) is 6.86. The molecule has 0 bridgehead atoms. The van der Waals surface area contributed by atoms with Crippen molar-refractivity contribution in [2.75, 3.05) is 6.54 Å². The van der Waals surface area contributed by atoms with Crippen molar-refractivity contribution in [3.05, 3.63) is 0 Å². The third-order valence-corrected chi connectivity index (χ3v) is 1.80. The molecule has 0 aliphatic carbocycles. The molecule has 0 aliphatic rings. The molecule has 1 amide bonds. The molecule has 0 aromatic heterocycles. The van der Waals surface area contributed by atoms with Gasteiger partial charge in [0.05, 0.1) is 12.1 Å². The van der Waals surface area contributed by atoms with Gasteiger partial charge in [-0.25, -0.2) is 0 Å². The quantitative estimate of drug-likeness (QED) is 0.549. The average Bonchev–Trinajstić information content (AvgIpc) is 2.04. The molecule has 0 rings (SSSR count). The Bertz CT molecular complexity index is 149. The molecule has 78 valence electrons. The van der Waals surface area contributed by atoms with Crippen LogP contribution in [0.5, 0.6) is 0 Å². The highest BCUT2D eigenvalue weighted by Gasteiger charge is 2.10. The van der Waals surface area contributed by atoms with Crippen LogP contribution in [0.25, 0.3) is 0 Å². The summed E-state index contributed by atoms with van der Waals surface area (Å²) < 4.78 is 0. The van der Waals surface area contributed by atoms with Gasteiger partial charge >= 0.3 is 0 Å². The molecule has 0 saturated carbocycles. The van der Waals surface area contributed by atoms with E-state index in [1.165, 1.54) is 0 Å². The third-order valence-electron chi connectivity index (χ3n) is 1.80. The summed E-state index contributed by atoms with van der Waals surface area (Å²) in [6.45, 7) is 4.18. The topological polar surface area (TPSA) is 75.4 Å². The molecule has 0 aromatic rings. The molecular formula is C9H20N2O2. The lowest BCUT2D eigenvalue weighted by molar-refractivity contribution is -0.122. The molecule has 4 heteroatoms. The molecule has 0 fully saturated rings. The van der Waals surface area contributed by atoms with Crippen LogP contribution in [0, 0.1) is 0 Å². The largest absolute Gasteiger partial charge is 0.393 e. The zero-order valence-corrected chi connectivity index (χ0v) is 8.42. The number of rotatable bonds is 6. The number of carbonyl (C=O) groups excluding carboxylic acids is 1. The Morgan fingerprint density at radius 2 is 2.15 bits per heavy atom. The number of aliphatic hydroxyl groups excluding tert-OH is 1. The van der Waals surface area contributed by atoms with E-state index in [1.807, 2.05) is 6.92 Å². The van der Waals surface area contributed by atoms with E-state index in [4.69, 9.17) is 10.8 Å². The van der Waals surface area contributed by atoms with Crippen LogP contribution in [-0.2, 0) is 4.79 Å². The summed E-state index contributed by atoms with van der Waals surface area (Å²) in [7, 11) is 0. The van der Waals surface area contributed by atoms with Gasteiger partial charge in [0.15, 0.2) is 0 Å². The number of hydrogen-bond acceptors (Lipinski definition) is 3. The number of aliphatic hydroxyl groups is 1. The standard InChI is InChI=1S/C9H20N2O2/c1-3-4-8(10)9(13)11-6-5-7(2)12/h7-8,12H,3-6,10H2,1-2H3,(H,11,13). The summed E-state index contributed by atoms with van der Waals surface area (Å²) in [5, 5.41) is 11.6. The molecule has 0 saturated heterocycles. The SMILES string of the molecule is CCCC(N)C(=O)NCCC(C)O. The van der Waals surface area contributed by atoms with Crippen molar-refractivity contribution in [2.45, 2.75) is 45.3 Å². The van der Waals surface area contributed by atoms with Crippen molar-refractivity contribution in [2.24, 2.45) is 5.73 Å². The van der Waals surface area contributed by atoms with Gasteiger partial charge in [0.25, 0.3) is 0 Å². The number of amides is 1. The van der Waals surface area contributed by atoms with E-state index in [2.05, 4.69) is 5.32 Å². The normalized spacial score (nSPS) is 15.1. The molecule has 2 unspecified atom stereocenters. The Hall–Kier alpha value is -0.610. The van der Waals surface area contributed by atoms with Crippen molar-refractivity contribution in [1.82, 2.24) is 5.32 Å². The van der Waals surface area contributed by atoms with Crippen molar-refractivity contribution in [3.8, 4) is 0 Å². The zero-order valence-electron chi connectivity index (χ0n) is 8.42. The molecule has 0 heterocycles. The van der Waals surface area contributed by atoms with E-state index < -0.39 is 6.04 Å². The van der Waals surface area contributed by atoms with Gasteiger partial charge in [-0.3, -0.25) is 4.79 Å². The molecule has 0 aliphatic heterocycles. The summed E-state index contributed by atoms with van der Waals surface area (Å²) in [5.41, 5.74) is 5.57. The highest BCUT2D eigenvalue weighted by Crippen LogP contribution is 1.93. The third kappa shape index (κ3) is 6.54. The van der Waals surface area contributed by atoms with Gasteiger partial charge in [-0.05, 0) is 19.8 Å². The molecular weight excluding hydrogens is 168 g/mol. The Morgan fingerprint density at radius 1 is 1.54 bits per heavy atom. The van der Waals surface area contributed by atoms with Gasteiger partial charge in [0, 0.05) is 6.54 Å². The second-order valence-electron chi connectivity index (χ2n) is 3.32. The zero-order chi connectivity index (χ0) is 10.3. The molecule has 0 radical (unpaired) electrons. The van der Waals surface area contributed by atoms with E-state index in [-0.39, 0.29) is 12.0 Å². The predicted octanol–water partition coefficient (Wildman–Crippen LogP) is 0.000900. The van der Waals surface area contributed by atoms with E-state index in [9.17, 15) is 4.79 Å². The average molecular weight is 188 g/mol. The van der Waals surface area contributed by atoms with Crippen LogP contribution in [0.2, 0.25) is 0 Å². The maximum Gasteiger partial charge on any atom is 0.236 e. The fourth-order valence-electron chi connectivity index (χ4n) is 0.977. The molecule has 4 N–H and O–H groups in total. The number of nitrogens with one attached hydrogen (secondary N) is 1. The number of nitrogens with two attached hydrogens (primary N) is 1. The smallest absolute Gasteiger partial charge is 0.236 e. The maximum atomic E-state index is 11.2. The van der Waals surface area contributed by atoms with Crippen LogP contribution in [-0.4, -0.2) is 29.7 Å². The van der Waals surface area contributed by atoms with Crippen molar-refractivity contribution in [1.29, 1.82) is 0 Å². The van der Waals surface area contributed by atoms with Gasteiger partial charge in [-0.2, -0.15) is 0 Å². The fourth-order valence-corrected chi connectivity index (χ4v) is 0.977. The van der Waals surface area contributed by atoms with Gasteiger partial charge in [-0.15, -0.1) is 0 Å². The van der Waals surface area contributed by atoms with E-state index in [0.717, 1.165) is 6.42 Å². The van der Waals surface area contributed by atoms with Crippen molar-refractivity contribution in [3.63, 3.8) is 0 Å². The predicted molar refractivity (Wildman–Crippen MR) is 52.2 cm³/mol. The van der Waals surface area contributed by atoms with Gasteiger partial charge in [0.2, 0.25) is 5.91 Å². The number of hydrogen-bond donors (Lipinski definition) is 3. The van der Waals surface area contributed by atoms with Crippen LogP contribution >= 0.6 is 0 Å². The first kappa shape index (κ1) is 12.4. The lowest BCUT2D eigenvalue weighted by Gasteiger charge is -2.11. The van der Waals surface area contributed by atoms with Crippen LogP contribution < -0.4 is 11.1 Å². The highest BCUT2D eigenvalue weighted by molar-refractivity contribution is 5.81. The fraction of sp³-hybridized carbons (Fsp3) is 0.889. The van der Waals surface area contributed by atoms with Crippen molar-refractivity contribution < 1.29 is 9.90 Å². The van der Waals surface area contributed by atoms with E-state index >= 15 is 0 Å². The monoisotopic (exact) mass is 188 g/mol. The van der Waals surface area contributed by atoms with Gasteiger partial charge in [-0.1, -0.05) is 13.3 Å². The number of carbonyl (C=O) groups is 1. The summed E-state index contributed by atoms with van der Waals surface area (Å²) in [4.78, 5) is 11.2. The summed E-state index contributed by atoms with van der Waals surface area (Å²) in [6.07, 6.45) is 1.82. The lowest BCUT2D eigenvalue weighted by atomic mass is 10.1. The minimum Gasteiger partial charge on any atom is -0.393 e. The Labute approximate surface area is 79.5 Å². The minimum atomic E-state index is -0.404. The van der Waals surface area contributed by atoms with E-state index in [1.54, 1.807) is 6.92 Å². The molecule has 4 nitrogen and oxygen atoms in total. The summed E-state index contributed by atoms with van der Waals surface area (Å²) in [6, 6.07) is -0.404. The Balaban J connectivity index is 3.50. The molecule has 13 heavy (non-hydrogen) atoms. The second-order valence-corrected chi connectivity index (χ2v) is 3.32. The molecule has 0 spiro atoms. The summed E-state index contributed by atoms with van der Waals surface area (Å²) in [5.74, 6) is -0.123. The van der Waals surface area contributed by atoms with Crippen LogP contribution in [0.3, 0.4) is 0 Å². The maximum absolute atomic E-state index is 11.2. The van der Waals surface area contributed by atoms with Crippen molar-refractivity contribution >= 4 is 5.91 Å². The van der Waals surface area contributed by atoms with Crippen LogP contribution in [0.4, 0.5) is 0 Å². The highest BCUT2D eigenvalue weighted by atomic mass is 16.3. The van der Waals surface area contributed by atoms with Crippen LogP contribution in [0.1, 0.15) is 33.1 Å². The lowest BCUT2D eigenvalue weighted by Crippen LogP contribution is -2.41. The molecule has 2 atom stereocenters. The van der Waals surface area contributed by atoms with Crippen LogP contribution in [0.15, 0.2) is 0 Å². The first-order chi connectivity index (χ1) is 6.07.